The summed E-state index contributed by atoms with van der Waals surface area (Å²) in [7, 11) is 3.28. The van der Waals surface area contributed by atoms with Crippen molar-refractivity contribution in [2.24, 2.45) is 0 Å². The highest BCUT2D eigenvalue weighted by Crippen LogP contribution is 2.16. The van der Waals surface area contributed by atoms with Crippen LogP contribution in [0.25, 0.3) is 5.69 Å². The van der Waals surface area contributed by atoms with E-state index >= 15 is 0 Å². The van der Waals surface area contributed by atoms with Gasteiger partial charge in [-0.05, 0) is 35.9 Å². The number of hydrogen-bond acceptors (Lipinski definition) is 4. The molecule has 0 fully saturated rings. The van der Waals surface area contributed by atoms with Crippen molar-refractivity contribution in [2.45, 2.75) is 6.54 Å². The van der Waals surface area contributed by atoms with Gasteiger partial charge < -0.3 is 19.5 Å². The summed E-state index contributed by atoms with van der Waals surface area (Å²) in [5.74, 6) is -0.492. The van der Waals surface area contributed by atoms with Gasteiger partial charge in [-0.2, -0.15) is 0 Å². The lowest BCUT2D eigenvalue weighted by Crippen LogP contribution is -2.27. The second-order valence-electron chi connectivity index (χ2n) is 6.54. The Labute approximate surface area is 167 Å². The summed E-state index contributed by atoms with van der Waals surface area (Å²) in [6.45, 7) is 0.0603. The fourth-order valence-electron chi connectivity index (χ4n) is 2.56. The first kappa shape index (κ1) is 20.1. The van der Waals surface area contributed by atoms with Crippen LogP contribution in [0.3, 0.4) is 0 Å². The molecule has 1 aromatic heterocycles. The number of nitrogens with zero attached hydrogens (tertiary/aromatic N) is 3. The molecule has 0 radical (unpaired) electrons. The maximum absolute atomic E-state index is 14.3. The van der Waals surface area contributed by atoms with Gasteiger partial charge in [0.15, 0.2) is 6.61 Å². The molecule has 0 saturated heterocycles. The summed E-state index contributed by atoms with van der Waals surface area (Å²) in [4.78, 5) is 29.3. The number of benzene rings is 2. The topological polar surface area (TPSA) is 76.5 Å². The molecule has 1 N–H and O–H groups in total. The van der Waals surface area contributed by atoms with E-state index in [0.29, 0.717) is 22.6 Å². The normalized spacial score (nSPS) is 10.4. The number of ether oxygens (including phenoxy) is 1. The van der Waals surface area contributed by atoms with Crippen molar-refractivity contribution in [3.63, 3.8) is 0 Å². The number of nitrogens with one attached hydrogen (secondary N) is 1. The highest BCUT2D eigenvalue weighted by molar-refractivity contribution is 5.94. The maximum atomic E-state index is 14.3. The van der Waals surface area contributed by atoms with Crippen LogP contribution in [0.15, 0.2) is 61.2 Å². The van der Waals surface area contributed by atoms with Crippen LogP contribution >= 0.6 is 0 Å². The average Bonchev–Trinajstić information content (AvgIpc) is 3.25. The minimum Gasteiger partial charge on any atom is -0.484 e. The molecule has 0 saturated carbocycles. The van der Waals surface area contributed by atoms with Gasteiger partial charge in [-0.3, -0.25) is 9.59 Å². The molecule has 0 bridgehead atoms. The van der Waals surface area contributed by atoms with Crippen molar-refractivity contribution in [3.8, 4) is 11.4 Å². The predicted molar refractivity (Wildman–Crippen MR) is 105 cm³/mol. The molecule has 8 heteroatoms. The summed E-state index contributed by atoms with van der Waals surface area (Å²) in [6.07, 6.45) is 4.74. The Morgan fingerprint density at radius 1 is 1.21 bits per heavy atom. The molecule has 2 amide bonds. The van der Waals surface area contributed by atoms with E-state index < -0.39 is 5.82 Å². The third kappa shape index (κ3) is 5.19. The van der Waals surface area contributed by atoms with Gasteiger partial charge in [0, 0.05) is 38.6 Å². The molecule has 0 atom stereocenters. The first-order valence-electron chi connectivity index (χ1n) is 8.92. The largest absolute Gasteiger partial charge is 0.484 e. The SMILES string of the molecule is CN(C)C(=O)COc1cccc(C(=O)NCc2ccc(-n3ccnc3)c(F)c2)c1. The van der Waals surface area contributed by atoms with Crippen LogP contribution in [0.2, 0.25) is 0 Å². The van der Waals surface area contributed by atoms with Crippen molar-refractivity contribution in [2.75, 3.05) is 20.7 Å². The van der Waals surface area contributed by atoms with Gasteiger partial charge in [-0.15, -0.1) is 0 Å². The molecule has 2 aromatic carbocycles. The third-order valence-corrected chi connectivity index (χ3v) is 4.21. The van der Waals surface area contributed by atoms with Gasteiger partial charge in [-0.1, -0.05) is 12.1 Å². The first-order valence-corrected chi connectivity index (χ1v) is 8.92. The Kier molecular flexibility index (Phi) is 6.23. The van der Waals surface area contributed by atoms with Crippen LogP contribution in [0, 0.1) is 5.82 Å². The fourth-order valence-corrected chi connectivity index (χ4v) is 2.56. The lowest BCUT2D eigenvalue weighted by atomic mass is 10.1. The molecule has 150 valence electrons. The summed E-state index contributed by atoms with van der Waals surface area (Å²) < 4.78 is 21.3. The summed E-state index contributed by atoms with van der Waals surface area (Å²) >= 11 is 0. The van der Waals surface area contributed by atoms with Gasteiger partial charge in [-0.25, -0.2) is 9.37 Å². The number of rotatable bonds is 7. The minimum absolute atomic E-state index is 0.111. The van der Waals surface area contributed by atoms with Gasteiger partial charge in [0.2, 0.25) is 0 Å². The zero-order valence-corrected chi connectivity index (χ0v) is 16.1. The van der Waals surface area contributed by atoms with Crippen LogP contribution < -0.4 is 10.1 Å². The minimum atomic E-state index is -0.407. The molecule has 0 spiro atoms. The first-order chi connectivity index (χ1) is 13.9. The zero-order chi connectivity index (χ0) is 20.8. The second-order valence-corrected chi connectivity index (χ2v) is 6.54. The fraction of sp³-hybridized carbons (Fsp3) is 0.190. The Morgan fingerprint density at radius 2 is 2.03 bits per heavy atom. The Morgan fingerprint density at radius 3 is 2.72 bits per heavy atom. The van der Waals surface area contributed by atoms with Crippen molar-refractivity contribution < 1.29 is 18.7 Å². The summed E-state index contributed by atoms with van der Waals surface area (Å²) in [6, 6.07) is 11.3. The van der Waals surface area contributed by atoms with Crippen LogP contribution in [0.5, 0.6) is 5.75 Å². The lowest BCUT2D eigenvalue weighted by molar-refractivity contribution is -0.130. The molecule has 29 heavy (non-hydrogen) atoms. The van der Waals surface area contributed by atoms with Crippen molar-refractivity contribution in [3.05, 3.63) is 78.1 Å². The number of likely N-dealkylation sites (N-methyl/N-ethyl adjacent to an activating group) is 1. The van der Waals surface area contributed by atoms with Crippen molar-refractivity contribution in [1.82, 2.24) is 19.8 Å². The average molecular weight is 396 g/mol. The molecule has 3 aromatic rings. The molecular formula is C21H21FN4O3. The number of amides is 2. The third-order valence-electron chi connectivity index (χ3n) is 4.21. The number of carbonyl (C=O) groups excluding carboxylic acids is 2. The maximum Gasteiger partial charge on any atom is 0.259 e. The van der Waals surface area contributed by atoms with E-state index in [-0.39, 0.29) is 25.0 Å². The van der Waals surface area contributed by atoms with E-state index in [4.69, 9.17) is 4.74 Å². The van der Waals surface area contributed by atoms with E-state index in [1.165, 1.54) is 17.3 Å². The molecular weight excluding hydrogens is 375 g/mol. The number of hydrogen-bond donors (Lipinski definition) is 1. The molecule has 0 aliphatic carbocycles. The van der Waals surface area contributed by atoms with Crippen molar-refractivity contribution >= 4 is 11.8 Å². The van der Waals surface area contributed by atoms with Gasteiger partial charge in [0.05, 0.1) is 12.0 Å². The van der Waals surface area contributed by atoms with Crippen molar-refractivity contribution in [1.29, 1.82) is 0 Å². The molecule has 3 rings (SSSR count). The number of aromatic nitrogens is 2. The lowest BCUT2D eigenvalue weighted by Gasteiger charge is -2.12. The summed E-state index contributed by atoms with van der Waals surface area (Å²) in [5.41, 5.74) is 1.40. The molecule has 1 heterocycles. The van der Waals surface area contributed by atoms with Crippen LogP contribution in [0.4, 0.5) is 4.39 Å². The monoisotopic (exact) mass is 396 g/mol. The molecule has 0 aliphatic rings. The number of imidazole rings is 1. The standard InChI is InChI=1S/C21H21FN4O3/c1-25(2)20(27)13-29-17-5-3-4-16(11-17)21(28)24-12-15-6-7-19(18(22)10-15)26-9-8-23-14-26/h3-11,14H,12-13H2,1-2H3,(H,24,28). The van der Waals surface area contributed by atoms with Gasteiger partial charge in [0.1, 0.15) is 11.6 Å². The Bertz CT molecular complexity index is 1000. The van der Waals surface area contributed by atoms with E-state index in [1.54, 1.807) is 67.5 Å². The predicted octanol–water partition coefficient (Wildman–Crippen LogP) is 2.41. The molecule has 0 unspecified atom stereocenters. The van der Waals surface area contributed by atoms with E-state index in [9.17, 15) is 14.0 Å². The highest BCUT2D eigenvalue weighted by atomic mass is 19.1. The smallest absolute Gasteiger partial charge is 0.259 e. The van der Waals surface area contributed by atoms with Crippen LogP contribution in [-0.2, 0) is 11.3 Å². The Hall–Kier alpha value is -3.68. The van der Waals surface area contributed by atoms with E-state index in [2.05, 4.69) is 10.3 Å². The highest BCUT2D eigenvalue weighted by Gasteiger charge is 2.10. The quantitative estimate of drug-likeness (QED) is 0.665. The zero-order valence-electron chi connectivity index (χ0n) is 16.1. The van der Waals surface area contributed by atoms with E-state index in [0.717, 1.165) is 0 Å². The van der Waals surface area contributed by atoms with Gasteiger partial charge >= 0.3 is 0 Å². The number of halogens is 1. The van der Waals surface area contributed by atoms with Crippen LogP contribution in [-0.4, -0.2) is 47.0 Å². The van der Waals surface area contributed by atoms with Gasteiger partial charge in [0.25, 0.3) is 11.8 Å². The molecule has 0 aliphatic heterocycles. The molecule has 7 nitrogen and oxygen atoms in total. The van der Waals surface area contributed by atoms with E-state index in [1.807, 2.05) is 0 Å². The summed E-state index contributed by atoms with van der Waals surface area (Å²) in [5, 5.41) is 2.75. The van der Waals surface area contributed by atoms with Crippen LogP contribution in [0.1, 0.15) is 15.9 Å². The number of carbonyl (C=O) groups is 2. The second kappa shape index (κ2) is 9.01. The Balaban J connectivity index is 1.60.